The molecule has 2 aromatic rings. The fourth-order valence-electron chi connectivity index (χ4n) is 3.32. The van der Waals surface area contributed by atoms with Crippen LogP contribution < -0.4 is 0 Å². The summed E-state index contributed by atoms with van der Waals surface area (Å²) in [4.78, 5) is 24.9. The number of aryl methyl sites for hydroxylation is 1. The Morgan fingerprint density at radius 3 is 2.21 bits per heavy atom. The normalized spacial score (nSPS) is 15.5. The number of alkyl halides is 6. The van der Waals surface area contributed by atoms with Crippen molar-refractivity contribution in [3.63, 3.8) is 0 Å². The molecule has 3 rings (SSSR count). The molecule has 33 heavy (non-hydrogen) atoms. The molecule has 0 aliphatic carbocycles. The Morgan fingerprint density at radius 2 is 1.67 bits per heavy atom. The highest BCUT2D eigenvalue weighted by Gasteiger charge is 2.37. The van der Waals surface area contributed by atoms with Crippen molar-refractivity contribution in [3.8, 4) is 0 Å². The number of hydrogen-bond acceptors (Lipinski definition) is 4. The Labute approximate surface area is 183 Å². The molecule has 1 aliphatic rings. The number of carboxylic acids is 1. The highest BCUT2D eigenvalue weighted by molar-refractivity contribution is 5.74. The number of carboxylic acid groups (broad SMARTS) is 1. The third kappa shape index (κ3) is 5.76. The number of aliphatic carboxylic acids is 1. The fraction of sp³-hybridized carbons (Fsp3) is 0.450. The van der Waals surface area contributed by atoms with Crippen molar-refractivity contribution in [2.75, 3.05) is 6.54 Å². The average molecular weight is 479 g/mol. The average Bonchev–Trinajstić information content (AvgIpc) is 3.01. The lowest BCUT2D eigenvalue weighted by Gasteiger charge is -2.20. The molecule has 1 atom stereocenters. The van der Waals surface area contributed by atoms with E-state index in [1.165, 1.54) is 17.9 Å². The number of amides is 1. The van der Waals surface area contributed by atoms with Crippen molar-refractivity contribution in [1.29, 1.82) is 0 Å². The molecule has 0 bridgehead atoms. The van der Waals surface area contributed by atoms with E-state index in [0.29, 0.717) is 36.5 Å². The standard InChI is InChI=1S/C20H19F6N3O4/c1-11(17(30)31)16-8-15-9-28(3-2-4-29(15)27-16)18(32)33-10-12-5-13(19(21,22)23)7-14(6-12)20(24,25)26/h5-8,11H,2-4,9-10H2,1H3,(H,30,31). The van der Waals surface area contributed by atoms with Gasteiger partial charge in [0.2, 0.25) is 0 Å². The predicted molar refractivity (Wildman–Crippen MR) is 99.9 cm³/mol. The summed E-state index contributed by atoms with van der Waals surface area (Å²) in [5.41, 5.74) is -2.62. The lowest BCUT2D eigenvalue weighted by Crippen LogP contribution is -2.31. The van der Waals surface area contributed by atoms with Crippen LogP contribution in [0.2, 0.25) is 0 Å². The fourth-order valence-corrected chi connectivity index (χ4v) is 3.32. The number of ether oxygens (including phenoxy) is 1. The molecule has 1 aliphatic heterocycles. The predicted octanol–water partition coefficient (Wildman–Crippen LogP) is 4.65. The van der Waals surface area contributed by atoms with E-state index in [1.807, 2.05) is 0 Å². The number of benzene rings is 1. The van der Waals surface area contributed by atoms with Gasteiger partial charge in [-0.3, -0.25) is 9.48 Å². The van der Waals surface area contributed by atoms with E-state index >= 15 is 0 Å². The Morgan fingerprint density at radius 1 is 1.06 bits per heavy atom. The van der Waals surface area contributed by atoms with E-state index in [2.05, 4.69) is 5.10 Å². The van der Waals surface area contributed by atoms with Gasteiger partial charge < -0.3 is 14.7 Å². The van der Waals surface area contributed by atoms with E-state index in [4.69, 9.17) is 9.84 Å². The first-order valence-electron chi connectivity index (χ1n) is 9.75. The van der Waals surface area contributed by atoms with Gasteiger partial charge in [-0.05, 0) is 43.2 Å². The molecule has 0 spiro atoms. The first-order chi connectivity index (χ1) is 15.3. The second-order valence-corrected chi connectivity index (χ2v) is 7.59. The number of carbonyl (C=O) groups excluding carboxylic acids is 1. The molecular formula is C20H19F6N3O4. The number of aromatic nitrogens is 2. The number of nitrogens with zero attached hydrogens (tertiary/aromatic N) is 3. The minimum Gasteiger partial charge on any atom is -0.481 e. The number of hydrogen-bond donors (Lipinski definition) is 1. The monoisotopic (exact) mass is 479 g/mol. The second-order valence-electron chi connectivity index (χ2n) is 7.59. The molecule has 7 nitrogen and oxygen atoms in total. The van der Waals surface area contributed by atoms with Crippen LogP contribution in [-0.2, 0) is 41.6 Å². The molecule has 13 heteroatoms. The summed E-state index contributed by atoms with van der Waals surface area (Å²) in [6, 6.07) is 2.53. The van der Waals surface area contributed by atoms with Crippen molar-refractivity contribution in [2.24, 2.45) is 0 Å². The van der Waals surface area contributed by atoms with Crippen molar-refractivity contribution in [3.05, 3.63) is 52.3 Å². The van der Waals surface area contributed by atoms with Crippen LogP contribution in [0.4, 0.5) is 31.1 Å². The lowest BCUT2D eigenvalue weighted by molar-refractivity contribution is -0.143. The molecule has 0 saturated carbocycles. The van der Waals surface area contributed by atoms with Gasteiger partial charge in [-0.25, -0.2) is 4.79 Å². The highest BCUT2D eigenvalue weighted by Crippen LogP contribution is 2.36. The van der Waals surface area contributed by atoms with Gasteiger partial charge in [-0.1, -0.05) is 0 Å². The first kappa shape index (κ1) is 24.4. The zero-order valence-electron chi connectivity index (χ0n) is 17.2. The van der Waals surface area contributed by atoms with Gasteiger partial charge in [0, 0.05) is 13.1 Å². The van der Waals surface area contributed by atoms with Crippen molar-refractivity contribution >= 4 is 12.1 Å². The summed E-state index contributed by atoms with van der Waals surface area (Å²) in [5.74, 6) is -1.94. The number of fused-ring (bicyclic) bond motifs is 1. The molecule has 2 heterocycles. The molecule has 0 radical (unpaired) electrons. The van der Waals surface area contributed by atoms with Gasteiger partial charge in [-0.2, -0.15) is 31.4 Å². The molecule has 1 N–H and O–H groups in total. The number of halogens is 6. The first-order valence-corrected chi connectivity index (χ1v) is 9.75. The van der Waals surface area contributed by atoms with Gasteiger partial charge in [0.05, 0.1) is 35.0 Å². The van der Waals surface area contributed by atoms with E-state index in [1.54, 1.807) is 4.68 Å². The Bertz CT molecular complexity index is 1020. The van der Waals surface area contributed by atoms with Crippen LogP contribution in [0.15, 0.2) is 24.3 Å². The maximum absolute atomic E-state index is 13.0. The lowest BCUT2D eigenvalue weighted by atomic mass is 10.1. The van der Waals surface area contributed by atoms with Crippen molar-refractivity contribution < 1.29 is 45.8 Å². The van der Waals surface area contributed by atoms with Crippen LogP contribution in [0.1, 0.15) is 47.3 Å². The third-order valence-electron chi connectivity index (χ3n) is 5.12. The topological polar surface area (TPSA) is 84.7 Å². The summed E-state index contributed by atoms with van der Waals surface area (Å²) in [6.45, 7) is 1.27. The molecule has 1 aromatic heterocycles. The Hall–Kier alpha value is -3.25. The summed E-state index contributed by atoms with van der Waals surface area (Å²) in [7, 11) is 0. The SMILES string of the molecule is CC(C(=O)O)c1cc2n(n1)CCCN(C(=O)OCc1cc(C(F)(F)F)cc(C(F)(F)F)c1)C2. The van der Waals surface area contributed by atoms with Gasteiger partial charge in [0.15, 0.2) is 0 Å². The maximum atomic E-state index is 13.0. The summed E-state index contributed by atoms with van der Waals surface area (Å²) in [5, 5.41) is 13.4. The van der Waals surface area contributed by atoms with Crippen molar-refractivity contribution in [1.82, 2.24) is 14.7 Å². The quantitative estimate of drug-likeness (QED) is 0.646. The molecule has 1 aromatic carbocycles. The summed E-state index contributed by atoms with van der Waals surface area (Å²) < 4.78 is 84.5. The zero-order chi connectivity index (χ0) is 24.6. The highest BCUT2D eigenvalue weighted by atomic mass is 19.4. The largest absolute Gasteiger partial charge is 0.481 e. The zero-order valence-corrected chi connectivity index (χ0v) is 17.2. The smallest absolute Gasteiger partial charge is 0.416 e. The minimum absolute atomic E-state index is 0.00300. The molecule has 1 unspecified atom stereocenters. The van der Waals surface area contributed by atoms with Gasteiger partial charge in [0.1, 0.15) is 6.61 Å². The summed E-state index contributed by atoms with van der Waals surface area (Å²) >= 11 is 0. The second kappa shape index (κ2) is 8.94. The van der Waals surface area contributed by atoms with E-state index in [9.17, 15) is 35.9 Å². The molecule has 0 fully saturated rings. The molecular weight excluding hydrogens is 460 g/mol. The van der Waals surface area contributed by atoms with Gasteiger partial charge in [0.25, 0.3) is 0 Å². The molecule has 0 saturated heterocycles. The van der Waals surface area contributed by atoms with E-state index < -0.39 is 53.6 Å². The van der Waals surface area contributed by atoms with Crippen LogP contribution >= 0.6 is 0 Å². The Kier molecular flexibility index (Phi) is 6.61. The van der Waals surface area contributed by atoms with Crippen molar-refractivity contribution in [2.45, 2.75) is 51.3 Å². The third-order valence-corrected chi connectivity index (χ3v) is 5.12. The van der Waals surface area contributed by atoms with E-state index in [-0.39, 0.29) is 19.2 Å². The minimum atomic E-state index is -5.01. The van der Waals surface area contributed by atoms with Crippen LogP contribution in [0.25, 0.3) is 0 Å². The van der Waals surface area contributed by atoms with E-state index in [0.717, 1.165) is 0 Å². The van der Waals surface area contributed by atoms with Crippen LogP contribution in [0.3, 0.4) is 0 Å². The number of carbonyl (C=O) groups is 2. The van der Waals surface area contributed by atoms with Gasteiger partial charge in [-0.15, -0.1) is 0 Å². The van der Waals surface area contributed by atoms with Crippen LogP contribution in [0.5, 0.6) is 0 Å². The van der Waals surface area contributed by atoms with Crippen LogP contribution in [0, 0.1) is 0 Å². The maximum Gasteiger partial charge on any atom is 0.416 e. The number of rotatable bonds is 4. The molecule has 180 valence electrons. The van der Waals surface area contributed by atoms with Crippen LogP contribution in [-0.4, -0.2) is 38.4 Å². The van der Waals surface area contributed by atoms with Gasteiger partial charge >= 0.3 is 24.4 Å². The summed E-state index contributed by atoms with van der Waals surface area (Å²) in [6.07, 6.45) is -10.5. The molecule has 1 amide bonds. The Balaban J connectivity index is 1.74.